The van der Waals surface area contributed by atoms with Gasteiger partial charge in [0.1, 0.15) is 0 Å². The molecule has 0 saturated carbocycles. The average Bonchev–Trinajstić information content (AvgIpc) is 2.11. The molecule has 0 spiro atoms. The molecule has 5 nitrogen and oxygen atoms in total. The van der Waals surface area contributed by atoms with E-state index in [-0.39, 0.29) is 24.3 Å². The lowest BCUT2D eigenvalue weighted by Gasteiger charge is -2.02. The minimum absolute atomic E-state index is 0. The van der Waals surface area contributed by atoms with Gasteiger partial charge in [0.2, 0.25) is 0 Å². The standard InChI is InChI=1S/C8H15N5.ClH/c1-3-5-11-7(9)13-8(10)12-6-4-2;/h3-4H,1-2,5-6H2,(H5,9,10,11,12,13);1H. The number of hydrogen-bond acceptors (Lipinski definition) is 2. The lowest BCUT2D eigenvalue weighted by Crippen LogP contribution is -2.41. The van der Waals surface area contributed by atoms with Crippen LogP contribution >= 0.6 is 12.4 Å². The zero-order valence-corrected chi connectivity index (χ0v) is 8.76. The number of guanidine groups is 2. The van der Waals surface area contributed by atoms with Crippen molar-refractivity contribution in [3.8, 4) is 0 Å². The molecule has 0 saturated heterocycles. The van der Waals surface area contributed by atoms with Crippen molar-refractivity contribution in [1.82, 2.24) is 5.32 Å². The molecule has 0 atom stereocenters. The van der Waals surface area contributed by atoms with Gasteiger partial charge in [-0.2, -0.15) is 0 Å². The molecule has 0 aromatic rings. The van der Waals surface area contributed by atoms with Crippen LogP contribution in [-0.2, 0) is 0 Å². The molecule has 14 heavy (non-hydrogen) atoms. The fourth-order valence-corrected chi connectivity index (χ4v) is 0.536. The first-order valence-electron chi connectivity index (χ1n) is 3.79. The van der Waals surface area contributed by atoms with E-state index < -0.39 is 0 Å². The predicted molar refractivity (Wildman–Crippen MR) is 63.8 cm³/mol. The van der Waals surface area contributed by atoms with E-state index >= 15 is 0 Å². The summed E-state index contributed by atoms with van der Waals surface area (Å²) in [6.45, 7) is 7.90. The van der Waals surface area contributed by atoms with Gasteiger partial charge < -0.3 is 11.5 Å². The van der Waals surface area contributed by atoms with E-state index in [1.165, 1.54) is 0 Å². The monoisotopic (exact) mass is 217 g/mol. The number of hydrogen-bond donors (Lipinski definition) is 3. The van der Waals surface area contributed by atoms with Crippen LogP contribution in [0.2, 0.25) is 0 Å². The van der Waals surface area contributed by atoms with Crippen LogP contribution in [0.1, 0.15) is 0 Å². The summed E-state index contributed by atoms with van der Waals surface area (Å²) in [6.07, 6.45) is 3.26. The number of aliphatic imine (C=N–C) groups is 2. The van der Waals surface area contributed by atoms with Gasteiger partial charge in [-0.1, -0.05) is 12.2 Å². The summed E-state index contributed by atoms with van der Waals surface area (Å²) in [4.78, 5) is 7.74. The van der Waals surface area contributed by atoms with Crippen molar-refractivity contribution in [3.05, 3.63) is 25.3 Å². The van der Waals surface area contributed by atoms with Gasteiger partial charge in [-0.05, 0) is 0 Å². The van der Waals surface area contributed by atoms with Gasteiger partial charge in [-0.25, -0.2) is 9.98 Å². The van der Waals surface area contributed by atoms with E-state index in [1.807, 2.05) is 0 Å². The van der Waals surface area contributed by atoms with Crippen LogP contribution in [0, 0.1) is 0 Å². The van der Waals surface area contributed by atoms with Crippen LogP contribution in [-0.4, -0.2) is 25.0 Å². The van der Waals surface area contributed by atoms with Gasteiger partial charge >= 0.3 is 0 Å². The van der Waals surface area contributed by atoms with E-state index in [0.717, 1.165) is 0 Å². The summed E-state index contributed by atoms with van der Waals surface area (Å²) in [5.74, 6) is 0.454. The third-order valence-electron chi connectivity index (χ3n) is 1.04. The molecule has 80 valence electrons. The Balaban J connectivity index is 0. The van der Waals surface area contributed by atoms with Gasteiger partial charge in [-0.15, -0.1) is 25.6 Å². The topological polar surface area (TPSA) is 88.8 Å². The van der Waals surface area contributed by atoms with Crippen LogP contribution in [0.5, 0.6) is 0 Å². The zero-order valence-electron chi connectivity index (χ0n) is 7.94. The highest BCUT2D eigenvalue weighted by molar-refractivity contribution is 5.97. The number of nitrogens with one attached hydrogen (secondary N) is 1. The van der Waals surface area contributed by atoms with Crippen molar-refractivity contribution < 1.29 is 0 Å². The van der Waals surface area contributed by atoms with Crippen molar-refractivity contribution in [1.29, 1.82) is 0 Å². The Kier molecular flexibility index (Phi) is 10.3. The van der Waals surface area contributed by atoms with Gasteiger partial charge in [0, 0.05) is 0 Å². The Hall–Kier alpha value is -1.49. The fraction of sp³-hybridized carbons (Fsp3) is 0.250. The number of nitrogens with zero attached hydrogens (tertiary/aromatic N) is 2. The highest BCUT2D eigenvalue weighted by atomic mass is 35.5. The van der Waals surface area contributed by atoms with Crippen LogP contribution in [0.4, 0.5) is 0 Å². The van der Waals surface area contributed by atoms with Crippen LogP contribution in [0.25, 0.3) is 0 Å². The predicted octanol–water partition coefficient (Wildman–Crippen LogP) is -0.000800. The van der Waals surface area contributed by atoms with Crippen molar-refractivity contribution >= 4 is 24.3 Å². The highest BCUT2D eigenvalue weighted by Gasteiger charge is 1.91. The van der Waals surface area contributed by atoms with Crippen LogP contribution in [0.3, 0.4) is 0 Å². The highest BCUT2D eigenvalue weighted by Crippen LogP contribution is 1.72. The molecular weight excluding hydrogens is 202 g/mol. The van der Waals surface area contributed by atoms with E-state index in [0.29, 0.717) is 13.1 Å². The van der Waals surface area contributed by atoms with Crippen molar-refractivity contribution in [2.45, 2.75) is 0 Å². The van der Waals surface area contributed by atoms with E-state index in [9.17, 15) is 0 Å². The first-order chi connectivity index (χ1) is 6.20. The lowest BCUT2D eigenvalue weighted by atomic mass is 10.6. The first-order valence-corrected chi connectivity index (χ1v) is 3.79. The summed E-state index contributed by atoms with van der Waals surface area (Å²) in [6, 6.07) is 0. The summed E-state index contributed by atoms with van der Waals surface area (Å²) >= 11 is 0. The summed E-state index contributed by atoms with van der Waals surface area (Å²) in [5, 5.41) is 2.61. The van der Waals surface area contributed by atoms with E-state index in [2.05, 4.69) is 28.5 Å². The van der Waals surface area contributed by atoms with Crippen LogP contribution < -0.4 is 16.8 Å². The molecule has 0 heterocycles. The first kappa shape index (κ1) is 15.0. The summed E-state index contributed by atoms with van der Waals surface area (Å²) in [5.41, 5.74) is 10.9. The Morgan fingerprint density at radius 2 is 1.43 bits per heavy atom. The largest absolute Gasteiger partial charge is 0.370 e. The SMILES string of the molecule is C=CCN=C(N)NC(N)=NCC=C.Cl. The van der Waals surface area contributed by atoms with Gasteiger partial charge in [-0.3, -0.25) is 5.32 Å². The molecule has 5 N–H and O–H groups in total. The normalized spacial score (nSPS) is 11.4. The summed E-state index contributed by atoms with van der Waals surface area (Å²) in [7, 11) is 0. The molecular formula is C8H16ClN5. The zero-order chi connectivity index (χ0) is 10.1. The molecule has 6 heteroatoms. The lowest BCUT2D eigenvalue weighted by molar-refractivity contribution is 1.12. The Labute approximate surface area is 90.1 Å². The molecule has 0 aromatic heterocycles. The average molecular weight is 218 g/mol. The van der Waals surface area contributed by atoms with Crippen molar-refractivity contribution in [2.75, 3.05) is 13.1 Å². The van der Waals surface area contributed by atoms with Crippen LogP contribution in [0.15, 0.2) is 35.3 Å². The molecule has 0 bridgehead atoms. The maximum atomic E-state index is 5.44. The molecule has 0 rings (SSSR count). The molecule has 0 aliphatic rings. The Morgan fingerprint density at radius 1 is 1.07 bits per heavy atom. The smallest absolute Gasteiger partial charge is 0.195 e. The fourth-order valence-electron chi connectivity index (χ4n) is 0.536. The maximum absolute atomic E-state index is 5.44. The van der Waals surface area contributed by atoms with E-state index in [1.54, 1.807) is 12.2 Å². The van der Waals surface area contributed by atoms with Gasteiger partial charge in [0.05, 0.1) is 13.1 Å². The number of rotatable bonds is 4. The van der Waals surface area contributed by atoms with Gasteiger partial charge in [0.25, 0.3) is 0 Å². The van der Waals surface area contributed by atoms with E-state index in [4.69, 9.17) is 11.5 Å². The summed E-state index contributed by atoms with van der Waals surface area (Å²) < 4.78 is 0. The minimum atomic E-state index is 0. The van der Waals surface area contributed by atoms with Crippen molar-refractivity contribution in [3.63, 3.8) is 0 Å². The third kappa shape index (κ3) is 8.61. The second-order valence-corrected chi connectivity index (χ2v) is 2.15. The Bertz CT molecular complexity index is 210. The van der Waals surface area contributed by atoms with Gasteiger partial charge in [0.15, 0.2) is 11.9 Å². The second-order valence-electron chi connectivity index (χ2n) is 2.15. The molecule has 0 unspecified atom stereocenters. The maximum Gasteiger partial charge on any atom is 0.195 e. The molecule has 0 aliphatic carbocycles. The molecule has 0 radical (unpaired) electrons. The minimum Gasteiger partial charge on any atom is -0.370 e. The molecule has 0 amide bonds. The molecule has 0 fully saturated rings. The second kappa shape index (κ2) is 9.60. The third-order valence-corrected chi connectivity index (χ3v) is 1.04. The molecule has 0 aliphatic heterocycles. The Morgan fingerprint density at radius 3 is 1.71 bits per heavy atom. The van der Waals surface area contributed by atoms with Crippen molar-refractivity contribution in [2.24, 2.45) is 21.5 Å². The quantitative estimate of drug-likeness (QED) is 0.352. The number of nitrogens with two attached hydrogens (primary N) is 2. The number of halogens is 1. The molecule has 0 aromatic carbocycles.